The van der Waals surface area contributed by atoms with E-state index in [1.54, 1.807) is 14.0 Å². The molecule has 0 heterocycles. The highest BCUT2D eigenvalue weighted by molar-refractivity contribution is 7.52. The van der Waals surface area contributed by atoms with E-state index in [-0.39, 0.29) is 0 Å². The molecule has 0 saturated heterocycles. The molecule has 0 spiro atoms. The van der Waals surface area contributed by atoms with Crippen LogP contribution in [0.1, 0.15) is 90.9 Å². The lowest BCUT2D eigenvalue weighted by atomic mass is 10.1. The molecule has 0 saturated carbocycles. The summed E-state index contributed by atoms with van der Waals surface area (Å²) in [4.78, 5) is 17.5. The summed E-state index contributed by atoms with van der Waals surface area (Å²) in [5, 5.41) is 9.42. The van der Waals surface area contributed by atoms with Crippen LogP contribution in [0, 0.1) is 0 Å². The fourth-order valence-electron chi connectivity index (χ4n) is 3.51. The topological polar surface area (TPSA) is 96.2 Å². The van der Waals surface area contributed by atoms with Gasteiger partial charge in [0, 0.05) is 13.7 Å². The van der Waals surface area contributed by atoms with Crippen LogP contribution in [0.2, 0.25) is 0 Å². The van der Waals surface area contributed by atoms with E-state index in [0.29, 0.717) is 24.2 Å². The average molecular weight is 537 g/mol. The molecule has 0 aromatic carbocycles. The van der Waals surface area contributed by atoms with E-state index in [1.807, 2.05) is 21.1 Å². The van der Waals surface area contributed by atoms with Gasteiger partial charge in [0.25, 0.3) is 0 Å². The summed E-state index contributed by atoms with van der Waals surface area (Å²) in [5.74, 6) is 0. The Labute approximate surface area is 222 Å². The van der Waals surface area contributed by atoms with Gasteiger partial charge in [0.1, 0.15) is 11.8 Å². The molecule has 0 aliphatic carbocycles. The second kappa shape index (κ2) is 24.8. The van der Waals surface area contributed by atoms with Crippen molar-refractivity contribution in [2.45, 2.75) is 103 Å². The van der Waals surface area contributed by atoms with Crippen molar-refractivity contribution in [1.29, 1.82) is 0 Å². The zero-order valence-electron chi connectivity index (χ0n) is 24.2. The maximum atomic E-state index is 10.7. The lowest BCUT2D eigenvalue weighted by Crippen LogP contribution is -2.40. The van der Waals surface area contributed by atoms with Gasteiger partial charge < -0.3 is 28.9 Å². The fraction of sp³-hybridized carbons (Fsp3) is 0.857. The molecule has 7 nitrogen and oxygen atoms in total. The normalized spacial score (nSPS) is 14.2. The summed E-state index contributed by atoms with van der Waals surface area (Å²) in [7, 11) is 3.44. The van der Waals surface area contributed by atoms with Gasteiger partial charge in [-0.2, -0.15) is 0 Å². The molecule has 2 atom stereocenters. The molecule has 0 fully saturated rings. The highest BCUT2D eigenvalue weighted by Gasteiger charge is 2.28. The molecule has 3 N–H and O–H groups in total. The minimum atomic E-state index is -3.87. The lowest BCUT2D eigenvalue weighted by molar-refractivity contribution is -0.869. The molecule has 0 aliphatic rings. The number of aliphatic hydroxyl groups excluding tert-OH is 1. The van der Waals surface area contributed by atoms with Crippen molar-refractivity contribution in [1.82, 2.24) is 0 Å². The van der Waals surface area contributed by atoms with E-state index < -0.39 is 19.4 Å². The van der Waals surface area contributed by atoms with Crippen molar-refractivity contribution in [3.63, 3.8) is 0 Å². The molecule has 0 aromatic heterocycles. The molecule has 0 aliphatic heterocycles. The molecule has 0 radical (unpaired) electrons. The van der Waals surface area contributed by atoms with Crippen molar-refractivity contribution in [3.05, 3.63) is 24.3 Å². The third-order valence-electron chi connectivity index (χ3n) is 5.51. The molecule has 216 valence electrons. The van der Waals surface area contributed by atoms with Crippen LogP contribution in [0.4, 0.5) is 0 Å². The Hall–Kier alpha value is -0.530. The van der Waals surface area contributed by atoms with Gasteiger partial charge in [-0.1, -0.05) is 50.5 Å². The van der Waals surface area contributed by atoms with Gasteiger partial charge in [0.15, 0.2) is 0 Å². The maximum absolute atomic E-state index is 10.7. The van der Waals surface area contributed by atoms with E-state index in [0.717, 1.165) is 13.0 Å². The molecule has 0 rings (SSSR count). The van der Waals surface area contributed by atoms with E-state index >= 15 is 0 Å². The number of methoxy groups -OCH3 is 1. The Balaban J connectivity index is 0. The number of hydrogen-bond donors (Lipinski definition) is 3. The Morgan fingerprint density at radius 1 is 0.806 bits per heavy atom. The second-order valence-corrected chi connectivity index (χ2v) is 12.7. The first kappa shape index (κ1) is 37.6. The number of unbranched alkanes of at least 4 members (excludes halogenated alkanes) is 9. The van der Waals surface area contributed by atoms with Crippen molar-refractivity contribution >= 4 is 7.60 Å². The van der Waals surface area contributed by atoms with Gasteiger partial charge in [-0.15, -0.1) is 0 Å². The van der Waals surface area contributed by atoms with Crippen molar-refractivity contribution in [2.75, 3.05) is 54.6 Å². The summed E-state index contributed by atoms with van der Waals surface area (Å²) in [5.41, 5.74) is -0.553. The molecule has 36 heavy (non-hydrogen) atoms. The van der Waals surface area contributed by atoms with Crippen LogP contribution >= 0.6 is 7.60 Å². The predicted octanol–water partition coefficient (Wildman–Crippen LogP) is 6.08. The van der Waals surface area contributed by atoms with E-state index in [2.05, 4.69) is 31.2 Å². The van der Waals surface area contributed by atoms with Gasteiger partial charge in [0.05, 0.1) is 40.9 Å². The zero-order valence-corrected chi connectivity index (χ0v) is 25.1. The first-order valence-electron chi connectivity index (χ1n) is 13.8. The number of ether oxygens (including phenoxy) is 2. The summed E-state index contributed by atoms with van der Waals surface area (Å²) in [6.45, 7) is 5.77. The van der Waals surface area contributed by atoms with Gasteiger partial charge in [-0.25, -0.2) is 0 Å². The number of hydrogen-bond acceptors (Lipinski definition) is 4. The summed E-state index contributed by atoms with van der Waals surface area (Å²) in [6, 6.07) is 0. The van der Waals surface area contributed by atoms with Gasteiger partial charge in [-0.3, -0.25) is 4.57 Å². The first-order chi connectivity index (χ1) is 16.9. The van der Waals surface area contributed by atoms with E-state index in [1.165, 1.54) is 70.6 Å². The SMILES string of the molecule is CC(C[N+](C)(C)C)P(=O)(O)O.CCCCC/C=C\CCCC/C=C\CCCCCOC[C@@H](O)COC. The standard InChI is InChI=1S/C22H42O3.C6H16NO3P/c1-3-4-5-6-7-8-9-10-11-12-13-14-15-16-17-18-19-25-21-22(23)20-24-2;1-6(11(8,9)10)5-7(2,3)4/h7-8,13-14,22-23H,3-6,9-12,15-21H2,1-2H3;6H,5H2,1-4H3,(H-,8,9,10)/p+1/b8-7-,14-13-;/t22-;/m0./s1. The van der Waals surface area contributed by atoms with Crippen LogP contribution in [0.25, 0.3) is 0 Å². The molecule has 8 heteroatoms. The van der Waals surface area contributed by atoms with Gasteiger partial charge in [-0.05, 0) is 64.7 Å². The van der Waals surface area contributed by atoms with Crippen molar-refractivity contribution in [3.8, 4) is 0 Å². The predicted molar refractivity (Wildman–Crippen MR) is 152 cm³/mol. The van der Waals surface area contributed by atoms with Crippen LogP contribution in [0.3, 0.4) is 0 Å². The van der Waals surface area contributed by atoms with Crippen molar-refractivity contribution in [2.24, 2.45) is 0 Å². The van der Waals surface area contributed by atoms with Gasteiger partial charge in [0.2, 0.25) is 0 Å². The lowest BCUT2D eigenvalue weighted by Gasteiger charge is -2.27. The summed E-state index contributed by atoms with van der Waals surface area (Å²) < 4.78 is 21.5. The number of rotatable bonds is 22. The van der Waals surface area contributed by atoms with E-state index in [4.69, 9.17) is 19.3 Å². The van der Waals surface area contributed by atoms with E-state index in [9.17, 15) is 9.67 Å². The molecule has 0 amide bonds. The number of aliphatic hydroxyl groups is 1. The monoisotopic (exact) mass is 536 g/mol. The summed E-state index contributed by atoms with van der Waals surface area (Å²) in [6.07, 6.45) is 23.9. The Kier molecular flexibility index (Phi) is 25.9. The third kappa shape index (κ3) is 31.5. The largest absolute Gasteiger partial charge is 0.388 e. The van der Waals surface area contributed by atoms with Crippen LogP contribution in [0.5, 0.6) is 0 Å². The van der Waals surface area contributed by atoms with Crippen LogP contribution in [-0.2, 0) is 14.0 Å². The smallest absolute Gasteiger partial charge is 0.333 e. The number of quaternary nitrogens is 1. The maximum Gasteiger partial charge on any atom is 0.333 e. The van der Waals surface area contributed by atoms with Crippen LogP contribution in [0.15, 0.2) is 24.3 Å². The van der Waals surface area contributed by atoms with Crippen molar-refractivity contribution < 1.29 is 33.4 Å². The summed E-state index contributed by atoms with van der Waals surface area (Å²) >= 11 is 0. The molecular weight excluding hydrogens is 477 g/mol. The van der Waals surface area contributed by atoms with Gasteiger partial charge >= 0.3 is 7.60 Å². The molecule has 0 aromatic rings. The third-order valence-corrected chi connectivity index (χ3v) is 6.83. The average Bonchev–Trinajstić information content (AvgIpc) is 2.77. The second-order valence-electron chi connectivity index (χ2n) is 10.7. The quantitative estimate of drug-likeness (QED) is 0.0671. The Morgan fingerprint density at radius 2 is 1.28 bits per heavy atom. The molecule has 1 unspecified atom stereocenters. The fourth-order valence-corrected chi connectivity index (χ4v) is 4.21. The number of nitrogens with zero attached hydrogens (tertiary/aromatic N) is 1. The zero-order chi connectivity index (χ0) is 27.7. The molecular formula is C28H59NO6P+. The van der Waals surface area contributed by atoms with Crippen LogP contribution < -0.4 is 0 Å². The Bertz CT molecular complexity index is 571. The number of allylic oxidation sites excluding steroid dienone is 4. The highest BCUT2D eigenvalue weighted by atomic mass is 31.2. The molecule has 0 bridgehead atoms. The minimum Gasteiger partial charge on any atom is -0.388 e. The Morgan fingerprint density at radius 3 is 1.67 bits per heavy atom. The minimum absolute atomic E-state index is 0.347. The van der Waals surface area contributed by atoms with Crippen LogP contribution in [-0.4, -0.2) is 85.8 Å². The highest BCUT2D eigenvalue weighted by Crippen LogP contribution is 2.41. The first-order valence-corrected chi connectivity index (χ1v) is 15.5.